The molecule has 3 nitrogen and oxygen atoms in total. The minimum absolute atomic E-state index is 0. The molecule has 1 aliphatic heterocycles. The molecule has 4 heteroatoms. The number of halogens is 1. The van der Waals surface area contributed by atoms with Crippen LogP contribution in [0.3, 0.4) is 0 Å². The standard InChI is InChI=1S/C17H26N2O.ClH/c1-13-4-5-15(14(2)12-13)6-7-17(20)19(3)16-8-10-18-11-9-16;/h4-5,12,16,18H,6-11H2,1-3H3;1H. The lowest BCUT2D eigenvalue weighted by Gasteiger charge is -2.31. The molecule has 21 heavy (non-hydrogen) atoms. The molecule has 0 aliphatic carbocycles. The van der Waals surface area contributed by atoms with E-state index in [9.17, 15) is 4.79 Å². The number of rotatable bonds is 4. The van der Waals surface area contributed by atoms with Crippen LogP contribution in [0.2, 0.25) is 0 Å². The Morgan fingerprint density at radius 2 is 1.95 bits per heavy atom. The summed E-state index contributed by atoms with van der Waals surface area (Å²) in [4.78, 5) is 14.3. The van der Waals surface area contributed by atoms with Crippen LogP contribution in [-0.4, -0.2) is 37.0 Å². The third-order valence-corrected chi connectivity index (χ3v) is 4.36. The van der Waals surface area contributed by atoms with E-state index in [4.69, 9.17) is 0 Å². The summed E-state index contributed by atoms with van der Waals surface area (Å²) in [6, 6.07) is 6.89. The number of amides is 1. The summed E-state index contributed by atoms with van der Waals surface area (Å²) >= 11 is 0. The fourth-order valence-corrected chi connectivity index (χ4v) is 2.94. The van der Waals surface area contributed by atoms with Gasteiger partial charge in [-0.25, -0.2) is 0 Å². The van der Waals surface area contributed by atoms with E-state index in [0.29, 0.717) is 12.5 Å². The fourth-order valence-electron chi connectivity index (χ4n) is 2.94. The summed E-state index contributed by atoms with van der Waals surface area (Å²) in [6.07, 6.45) is 3.61. The van der Waals surface area contributed by atoms with E-state index < -0.39 is 0 Å². The van der Waals surface area contributed by atoms with Gasteiger partial charge in [-0.15, -0.1) is 12.4 Å². The summed E-state index contributed by atoms with van der Waals surface area (Å²) in [5, 5.41) is 3.34. The van der Waals surface area contributed by atoms with Gasteiger partial charge in [0.25, 0.3) is 0 Å². The molecule has 0 spiro atoms. The zero-order valence-corrected chi connectivity index (χ0v) is 14.1. The van der Waals surface area contributed by atoms with Crippen LogP contribution in [-0.2, 0) is 11.2 Å². The number of benzene rings is 1. The van der Waals surface area contributed by atoms with Gasteiger partial charge in [0.05, 0.1) is 0 Å². The molecule has 0 radical (unpaired) electrons. The molecule has 1 fully saturated rings. The fraction of sp³-hybridized carbons (Fsp3) is 0.588. The number of carbonyl (C=O) groups is 1. The second kappa shape index (κ2) is 8.40. The van der Waals surface area contributed by atoms with Gasteiger partial charge in [-0.05, 0) is 57.3 Å². The molecule has 1 heterocycles. The number of nitrogens with one attached hydrogen (secondary N) is 1. The first kappa shape index (κ1) is 18.0. The van der Waals surface area contributed by atoms with E-state index >= 15 is 0 Å². The van der Waals surface area contributed by atoms with Crippen molar-refractivity contribution < 1.29 is 4.79 Å². The SMILES string of the molecule is Cc1ccc(CCC(=O)N(C)C2CCNCC2)c(C)c1.Cl. The maximum absolute atomic E-state index is 12.3. The van der Waals surface area contributed by atoms with Gasteiger partial charge in [-0.3, -0.25) is 4.79 Å². The van der Waals surface area contributed by atoms with Crippen LogP contribution in [0.15, 0.2) is 18.2 Å². The summed E-state index contributed by atoms with van der Waals surface area (Å²) in [6.45, 7) is 6.29. The Morgan fingerprint density at radius 3 is 2.57 bits per heavy atom. The Hall–Kier alpha value is -1.06. The summed E-state index contributed by atoms with van der Waals surface area (Å²) in [7, 11) is 1.96. The first-order chi connectivity index (χ1) is 9.58. The van der Waals surface area contributed by atoms with Crippen molar-refractivity contribution in [2.75, 3.05) is 20.1 Å². The molecule has 1 saturated heterocycles. The smallest absolute Gasteiger partial charge is 0.222 e. The summed E-state index contributed by atoms with van der Waals surface area (Å²) in [5.41, 5.74) is 3.87. The summed E-state index contributed by atoms with van der Waals surface area (Å²) < 4.78 is 0. The molecule has 2 rings (SSSR count). The lowest BCUT2D eigenvalue weighted by atomic mass is 10.0. The second-order valence-corrected chi connectivity index (χ2v) is 5.92. The van der Waals surface area contributed by atoms with E-state index in [1.165, 1.54) is 16.7 Å². The van der Waals surface area contributed by atoms with E-state index in [1.807, 2.05) is 11.9 Å². The first-order valence-electron chi connectivity index (χ1n) is 7.60. The number of piperidine rings is 1. The minimum Gasteiger partial charge on any atom is -0.343 e. The van der Waals surface area contributed by atoms with E-state index in [1.54, 1.807) is 0 Å². The van der Waals surface area contributed by atoms with Crippen molar-refractivity contribution in [1.29, 1.82) is 0 Å². The minimum atomic E-state index is 0. The van der Waals surface area contributed by atoms with Crippen LogP contribution in [0.1, 0.15) is 36.0 Å². The van der Waals surface area contributed by atoms with E-state index in [0.717, 1.165) is 32.4 Å². The van der Waals surface area contributed by atoms with Crippen molar-refractivity contribution >= 4 is 18.3 Å². The zero-order valence-electron chi connectivity index (χ0n) is 13.3. The zero-order chi connectivity index (χ0) is 14.5. The molecule has 1 N–H and O–H groups in total. The van der Waals surface area contributed by atoms with Gasteiger partial charge in [-0.1, -0.05) is 23.8 Å². The lowest BCUT2D eigenvalue weighted by Crippen LogP contribution is -2.44. The average molecular weight is 311 g/mol. The number of hydrogen-bond acceptors (Lipinski definition) is 2. The van der Waals surface area contributed by atoms with E-state index in [-0.39, 0.29) is 18.3 Å². The molecule has 1 aromatic carbocycles. The van der Waals surface area contributed by atoms with E-state index in [2.05, 4.69) is 37.4 Å². The van der Waals surface area contributed by atoms with Gasteiger partial charge in [0.1, 0.15) is 0 Å². The molecular weight excluding hydrogens is 284 g/mol. The number of hydrogen-bond donors (Lipinski definition) is 1. The predicted molar refractivity (Wildman–Crippen MR) is 90.1 cm³/mol. The highest BCUT2D eigenvalue weighted by Gasteiger charge is 2.21. The Morgan fingerprint density at radius 1 is 1.29 bits per heavy atom. The Labute approximate surface area is 134 Å². The van der Waals surface area contributed by atoms with Crippen LogP contribution >= 0.6 is 12.4 Å². The van der Waals surface area contributed by atoms with Crippen molar-refractivity contribution in [1.82, 2.24) is 10.2 Å². The highest BCUT2D eigenvalue weighted by atomic mass is 35.5. The van der Waals surface area contributed by atoms with Crippen molar-refractivity contribution in [3.8, 4) is 0 Å². The average Bonchev–Trinajstić information content (AvgIpc) is 2.46. The van der Waals surface area contributed by atoms with Crippen LogP contribution in [0, 0.1) is 13.8 Å². The van der Waals surface area contributed by atoms with Gasteiger partial charge in [-0.2, -0.15) is 0 Å². The monoisotopic (exact) mass is 310 g/mol. The first-order valence-corrected chi connectivity index (χ1v) is 7.60. The molecule has 0 bridgehead atoms. The highest BCUT2D eigenvalue weighted by molar-refractivity contribution is 5.85. The van der Waals surface area contributed by atoms with Crippen LogP contribution in [0.5, 0.6) is 0 Å². The van der Waals surface area contributed by atoms with Crippen molar-refractivity contribution in [2.24, 2.45) is 0 Å². The predicted octanol–water partition coefficient (Wildman–Crippen LogP) is 2.87. The van der Waals surface area contributed by atoms with Crippen molar-refractivity contribution in [3.63, 3.8) is 0 Å². The van der Waals surface area contributed by atoms with Crippen LogP contribution in [0.25, 0.3) is 0 Å². The Kier molecular flexibility index (Phi) is 7.20. The van der Waals surface area contributed by atoms with Crippen LogP contribution in [0.4, 0.5) is 0 Å². The molecule has 1 amide bonds. The Bertz CT molecular complexity index is 470. The highest BCUT2D eigenvalue weighted by Crippen LogP contribution is 2.15. The van der Waals surface area contributed by atoms with Gasteiger partial charge in [0.2, 0.25) is 5.91 Å². The number of aryl methyl sites for hydroxylation is 3. The molecule has 0 unspecified atom stereocenters. The maximum Gasteiger partial charge on any atom is 0.222 e. The molecule has 0 saturated carbocycles. The quantitative estimate of drug-likeness (QED) is 0.927. The molecule has 1 aliphatic rings. The molecule has 0 aromatic heterocycles. The second-order valence-electron chi connectivity index (χ2n) is 5.92. The topological polar surface area (TPSA) is 32.3 Å². The van der Waals surface area contributed by atoms with Crippen molar-refractivity contribution in [3.05, 3.63) is 34.9 Å². The van der Waals surface area contributed by atoms with Crippen molar-refractivity contribution in [2.45, 2.75) is 45.6 Å². The van der Waals surface area contributed by atoms with Crippen LogP contribution < -0.4 is 5.32 Å². The third-order valence-electron chi connectivity index (χ3n) is 4.36. The largest absolute Gasteiger partial charge is 0.343 e. The van der Waals surface area contributed by atoms with Gasteiger partial charge >= 0.3 is 0 Å². The molecular formula is C17H27ClN2O. The van der Waals surface area contributed by atoms with Gasteiger partial charge in [0.15, 0.2) is 0 Å². The molecule has 1 aromatic rings. The number of nitrogens with zero attached hydrogens (tertiary/aromatic N) is 1. The van der Waals surface area contributed by atoms with Gasteiger partial charge in [0, 0.05) is 19.5 Å². The maximum atomic E-state index is 12.3. The number of carbonyl (C=O) groups excluding carboxylic acids is 1. The third kappa shape index (κ3) is 5.01. The molecule has 0 atom stereocenters. The summed E-state index contributed by atoms with van der Waals surface area (Å²) in [5.74, 6) is 0.275. The molecule has 118 valence electrons. The van der Waals surface area contributed by atoms with Gasteiger partial charge < -0.3 is 10.2 Å². The normalized spacial score (nSPS) is 15.4. The Balaban J connectivity index is 0.00000220. The lowest BCUT2D eigenvalue weighted by molar-refractivity contribution is -0.132.